The molecule has 45 heavy (non-hydrogen) atoms. The Bertz CT molecular complexity index is 1600. The molecule has 7 rings (SSSR count). The van der Waals surface area contributed by atoms with Gasteiger partial charge in [0.15, 0.2) is 11.0 Å². The predicted octanol–water partition coefficient (Wildman–Crippen LogP) is 5.65. The molecule has 0 unspecified atom stereocenters. The average molecular weight is 661 g/mol. The van der Waals surface area contributed by atoms with Crippen molar-refractivity contribution in [1.29, 1.82) is 0 Å². The summed E-state index contributed by atoms with van der Waals surface area (Å²) >= 11 is 12.7. The number of H-pyrrole nitrogens is 1. The van der Waals surface area contributed by atoms with Crippen LogP contribution >= 0.6 is 23.2 Å². The highest BCUT2D eigenvalue weighted by molar-refractivity contribution is 6.29. The van der Waals surface area contributed by atoms with Gasteiger partial charge in [0.1, 0.15) is 11.0 Å². The van der Waals surface area contributed by atoms with E-state index in [4.69, 9.17) is 32.4 Å². The van der Waals surface area contributed by atoms with Gasteiger partial charge in [0.25, 0.3) is 0 Å². The quantitative estimate of drug-likeness (QED) is 0.144. The molecule has 0 radical (unpaired) electrons. The second kappa shape index (κ2) is 11.9. The summed E-state index contributed by atoms with van der Waals surface area (Å²) in [6.07, 6.45) is 9.18. The Morgan fingerprint density at radius 2 is 1.89 bits per heavy atom. The zero-order chi connectivity index (χ0) is 31.4. The molecular weight excluding hydrogens is 620 g/mol. The molecule has 0 aromatic carbocycles. The third-order valence-electron chi connectivity index (χ3n) is 11.1. The van der Waals surface area contributed by atoms with E-state index in [1.54, 1.807) is 12.3 Å². The number of nitrogens with one attached hydrogen (secondary N) is 4. The fourth-order valence-electron chi connectivity index (χ4n) is 8.72. The molecule has 0 bridgehead atoms. The van der Waals surface area contributed by atoms with Crippen molar-refractivity contribution in [3.8, 4) is 0 Å². The number of fused-ring (bicyclic) bond motifs is 3. The van der Waals surface area contributed by atoms with Crippen molar-refractivity contribution < 1.29 is 13.5 Å². The summed E-state index contributed by atoms with van der Waals surface area (Å²) in [4.78, 5) is 20.0. The van der Waals surface area contributed by atoms with Gasteiger partial charge in [0, 0.05) is 53.2 Å². The summed E-state index contributed by atoms with van der Waals surface area (Å²) in [6.45, 7) is 6.01. The van der Waals surface area contributed by atoms with Gasteiger partial charge in [-0.1, -0.05) is 43.1 Å². The third kappa shape index (κ3) is 5.48. The molecule has 1 saturated heterocycles. The van der Waals surface area contributed by atoms with Crippen molar-refractivity contribution in [2.45, 2.75) is 100 Å². The topological polar surface area (TPSA) is 130 Å². The monoisotopic (exact) mass is 659 g/mol. The van der Waals surface area contributed by atoms with E-state index in [0.717, 1.165) is 62.7 Å². The van der Waals surface area contributed by atoms with Crippen molar-refractivity contribution in [3.63, 3.8) is 0 Å². The molecule has 3 aromatic rings. The maximum atomic E-state index is 16.0. The van der Waals surface area contributed by atoms with Crippen LogP contribution in [0.25, 0.3) is 0 Å². The van der Waals surface area contributed by atoms with E-state index < -0.39 is 17.0 Å². The first-order valence-corrected chi connectivity index (χ1v) is 16.7. The van der Waals surface area contributed by atoms with E-state index in [1.165, 1.54) is 0 Å². The second-order valence-electron chi connectivity index (χ2n) is 14.1. The van der Waals surface area contributed by atoms with E-state index in [-0.39, 0.29) is 40.0 Å². The Balaban J connectivity index is 1.14. The fourth-order valence-corrected chi connectivity index (χ4v) is 9.03. The molecule has 3 aromatic heterocycles. The van der Waals surface area contributed by atoms with E-state index in [1.807, 2.05) is 6.07 Å². The van der Waals surface area contributed by atoms with Gasteiger partial charge < -0.3 is 19.8 Å². The molecule has 4 N–H and O–H groups in total. The molecule has 5 heterocycles. The molecule has 2 aliphatic heterocycles. The first-order valence-electron chi connectivity index (χ1n) is 16.0. The van der Waals surface area contributed by atoms with E-state index in [2.05, 4.69) is 56.0 Å². The number of pyridine rings is 2. The maximum Gasteiger partial charge on any atom is 0.434 e. The lowest BCUT2D eigenvalue weighted by Gasteiger charge is -2.51. The number of ether oxygens (including phenoxy) is 1. The van der Waals surface area contributed by atoms with Crippen LogP contribution in [0.4, 0.5) is 10.2 Å². The first kappa shape index (κ1) is 31.1. The SMILES string of the molecule is CC1(C)CCC2(CC1)N[C@@H](COCN[C@H]1CC[C@H](c3n[nH]c(=O)o3)CC1)[C@H](c1ccnc(Cl)c1F)[C@]21CNc2nc(Cl)ccc21. The summed E-state index contributed by atoms with van der Waals surface area (Å²) < 4.78 is 27.5. The van der Waals surface area contributed by atoms with Crippen LogP contribution in [0.1, 0.15) is 94.1 Å². The number of anilines is 1. The van der Waals surface area contributed by atoms with Crippen LogP contribution in [-0.2, 0) is 10.2 Å². The lowest BCUT2D eigenvalue weighted by Crippen LogP contribution is -2.59. The Labute approximate surface area is 271 Å². The molecular formula is C32H40Cl2FN7O3. The fraction of sp³-hybridized carbons (Fsp3) is 0.625. The van der Waals surface area contributed by atoms with Crippen LogP contribution in [0.3, 0.4) is 0 Å². The molecule has 3 fully saturated rings. The Kier molecular flexibility index (Phi) is 8.21. The maximum absolute atomic E-state index is 16.0. The largest absolute Gasteiger partial charge is 0.434 e. The average Bonchev–Trinajstić information content (AvgIpc) is 3.70. The minimum atomic E-state index is -0.511. The molecule has 4 aliphatic rings. The summed E-state index contributed by atoms with van der Waals surface area (Å²) in [6, 6.07) is 5.77. The van der Waals surface area contributed by atoms with Crippen molar-refractivity contribution in [2.75, 3.05) is 25.2 Å². The molecule has 2 aliphatic carbocycles. The van der Waals surface area contributed by atoms with Crippen LogP contribution in [-0.4, -0.2) is 57.7 Å². The normalized spacial score (nSPS) is 30.1. The highest BCUT2D eigenvalue weighted by Gasteiger charge is 2.68. The zero-order valence-corrected chi connectivity index (χ0v) is 27.1. The minimum absolute atomic E-state index is 0.125. The highest BCUT2D eigenvalue weighted by Crippen LogP contribution is 2.63. The van der Waals surface area contributed by atoms with Gasteiger partial charge in [-0.15, -0.1) is 5.10 Å². The molecule has 0 amide bonds. The summed E-state index contributed by atoms with van der Waals surface area (Å²) in [5.41, 5.74) is 0.996. The van der Waals surface area contributed by atoms with Gasteiger partial charge in [-0.3, -0.25) is 5.32 Å². The lowest BCUT2D eigenvalue weighted by atomic mass is 9.54. The van der Waals surface area contributed by atoms with Crippen molar-refractivity contribution in [1.82, 2.24) is 30.8 Å². The number of rotatable bonds is 7. The van der Waals surface area contributed by atoms with Crippen molar-refractivity contribution in [2.24, 2.45) is 5.41 Å². The van der Waals surface area contributed by atoms with Crippen LogP contribution < -0.4 is 21.7 Å². The number of nitrogens with zero attached hydrogens (tertiary/aromatic N) is 3. The Morgan fingerprint density at radius 3 is 2.62 bits per heavy atom. The summed E-state index contributed by atoms with van der Waals surface area (Å²) in [5.74, 6) is 0.103. The minimum Gasteiger partial charge on any atom is -0.392 e. The smallest absolute Gasteiger partial charge is 0.392 e. The first-order chi connectivity index (χ1) is 21.6. The molecule has 2 spiro atoms. The lowest BCUT2D eigenvalue weighted by molar-refractivity contribution is 0.0754. The number of aromatic amines is 1. The number of aromatic nitrogens is 4. The van der Waals surface area contributed by atoms with Crippen LogP contribution in [0.2, 0.25) is 10.3 Å². The van der Waals surface area contributed by atoms with Crippen LogP contribution in [0.5, 0.6) is 0 Å². The Hall–Kier alpha value is -2.57. The standard InChI is InChI=1S/C32H40Cl2FN7O3/c1-30(2)10-12-31(13-11-30)32(16-37-27-21(32)7-8-23(33)39-27)24(20-9-14-36-26(34)25(20)35)22(40-31)15-44-17-38-19-5-3-18(4-6-19)28-41-42-29(43)45-28/h7-9,14,18-19,22,24,38,40H,3-6,10-13,15-17H2,1-2H3,(H,37,39)(H,42,43)/t18-,19-,22-,24-,32+/m0/s1. The molecule has 2 saturated carbocycles. The number of halogens is 3. The van der Waals surface area contributed by atoms with Gasteiger partial charge in [0.05, 0.1) is 13.3 Å². The van der Waals surface area contributed by atoms with Gasteiger partial charge in [0.2, 0.25) is 5.89 Å². The Morgan fingerprint density at radius 1 is 1.11 bits per heavy atom. The van der Waals surface area contributed by atoms with E-state index >= 15 is 4.39 Å². The van der Waals surface area contributed by atoms with Gasteiger partial charge in [-0.05, 0) is 74.5 Å². The van der Waals surface area contributed by atoms with Gasteiger partial charge in [-0.2, -0.15) is 0 Å². The van der Waals surface area contributed by atoms with Crippen molar-refractivity contribution >= 4 is 29.0 Å². The zero-order valence-electron chi connectivity index (χ0n) is 25.6. The highest BCUT2D eigenvalue weighted by atomic mass is 35.5. The molecule has 10 nitrogen and oxygen atoms in total. The van der Waals surface area contributed by atoms with Gasteiger partial charge >= 0.3 is 5.76 Å². The predicted molar refractivity (Wildman–Crippen MR) is 169 cm³/mol. The van der Waals surface area contributed by atoms with Crippen LogP contribution in [0, 0.1) is 11.2 Å². The second-order valence-corrected chi connectivity index (χ2v) is 14.8. The summed E-state index contributed by atoms with van der Waals surface area (Å²) in [5, 5.41) is 17.8. The molecule has 3 atom stereocenters. The van der Waals surface area contributed by atoms with Crippen molar-refractivity contribution in [3.05, 3.63) is 68.1 Å². The van der Waals surface area contributed by atoms with Crippen LogP contribution in [0.15, 0.2) is 33.6 Å². The number of hydrogen-bond acceptors (Lipinski definition) is 9. The van der Waals surface area contributed by atoms with E-state index in [0.29, 0.717) is 36.5 Å². The van der Waals surface area contributed by atoms with E-state index in [9.17, 15) is 4.79 Å². The summed E-state index contributed by atoms with van der Waals surface area (Å²) in [7, 11) is 0. The third-order valence-corrected chi connectivity index (χ3v) is 11.6. The number of hydrogen-bond donors (Lipinski definition) is 4. The van der Waals surface area contributed by atoms with Gasteiger partial charge in [-0.25, -0.2) is 24.3 Å². The molecule has 242 valence electrons. The molecule has 13 heteroatoms.